The molecule has 1 aliphatic rings. The lowest BCUT2D eigenvalue weighted by atomic mass is 10.0. The lowest BCUT2D eigenvalue weighted by Gasteiger charge is -2.37. The Kier molecular flexibility index (Phi) is 5.45. The molecule has 2 aromatic rings. The first-order valence-electron chi connectivity index (χ1n) is 8.36. The summed E-state index contributed by atoms with van der Waals surface area (Å²) in [4.78, 5) is 0. The molecule has 1 saturated heterocycles. The minimum atomic E-state index is -4.40. The molecule has 28 heavy (non-hydrogen) atoms. The molecule has 10 heteroatoms. The number of nitrogens with zero attached hydrogens (tertiary/aromatic N) is 2. The molecular weight excluding hydrogens is 375 g/mol. The first kappa shape index (κ1) is 19.9. The topological polar surface area (TPSA) is 109 Å². The number of para-hydroxylation sites is 1. The highest BCUT2D eigenvalue weighted by atomic mass is 19.4. The lowest BCUT2D eigenvalue weighted by Crippen LogP contribution is -2.57. The molecule has 6 N–H and O–H groups in total. The Hall–Kier alpha value is -2.82. The van der Waals surface area contributed by atoms with Crippen molar-refractivity contribution in [3.05, 3.63) is 59.7 Å². The van der Waals surface area contributed by atoms with Crippen LogP contribution < -0.4 is 16.9 Å². The fourth-order valence-electron chi connectivity index (χ4n) is 2.67. The largest absolute Gasteiger partial charge is 0.416 e. The highest BCUT2D eigenvalue weighted by Crippen LogP contribution is 2.30. The van der Waals surface area contributed by atoms with E-state index in [9.17, 15) is 18.3 Å². The van der Waals surface area contributed by atoms with Crippen LogP contribution >= 0.6 is 0 Å². The highest BCUT2D eigenvalue weighted by molar-refractivity contribution is 6.02. The van der Waals surface area contributed by atoms with Crippen LogP contribution in [-0.4, -0.2) is 41.4 Å². The second kappa shape index (κ2) is 7.66. The molecule has 0 amide bonds. The monoisotopic (exact) mass is 395 g/mol. The van der Waals surface area contributed by atoms with Crippen molar-refractivity contribution in [2.75, 3.05) is 25.1 Å². The Morgan fingerprint density at radius 2 is 1.82 bits per heavy atom. The Bertz CT molecular complexity index is 851. The van der Waals surface area contributed by atoms with Crippen molar-refractivity contribution in [3.63, 3.8) is 0 Å². The van der Waals surface area contributed by atoms with Gasteiger partial charge in [-0.15, -0.1) is 5.10 Å². The van der Waals surface area contributed by atoms with Gasteiger partial charge in [0.05, 0.1) is 25.3 Å². The predicted molar refractivity (Wildman–Crippen MR) is 98.6 cm³/mol. The third-order valence-electron chi connectivity index (χ3n) is 4.13. The number of ether oxygens (including phenoxy) is 1. The molecule has 1 heterocycles. The minimum absolute atomic E-state index is 0.0438. The maximum atomic E-state index is 12.7. The fraction of sp³-hybridized carbons (Fsp3) is 0.278. The second-order valence-corrected chi connectivity index (χ2v) is 6.55. The van der Waals surface area contributed by atoms with Crippen LogP contribution in [0.1, 0.15) is 11.1 Å². The Morgan fingerprint density at radius 1 is 1.18 bits per heavy atom. The van der Waals surface area contributed by atoms with Crippen LogP contribution in [-0.2, 0) is 10.9 Å². The molecule has 7 nitrogen and oxygen atoms in total. The van der Waals surface area contributed by atoms with E-state index in [-0.39, 0.29) is 25.6 Å². The summed E-state index contributed by atoms with van der Waals surface area (Å²) in [6, 6.07) is 11.5. The van der Waals surface area contributed by atoms with Gasteiger partial charge < -0.3 is 20.9 Å². The molecule has 0 unspecified atom stereocenters. The van der Waals surface area contributed by atoms with Gasteiger partial charge in [0.2, 0.25) is 0 Å². The number of nitrogens with one attached hydrogen (secondary N) is 1. The summed E-state index contributed by atoms with van der Waals surface area (Å²) in [5.74, 6) is 5.88. The van der Waals surface area contributed by atoms with Crippen LogP contribution in [0.2, 0.25) is 0 Å². The Labute approximate surface area is 159 Å². The molecule has 1 aliphatic heterocycles. The first-order valence-corrected chi connectivity index (χ1v) is 8.36. The SMILES string of the molecule is N/C(=N\N(N)CC1(O)COC1)c1ccccc1Nc1ccc(C(F)(F)F)cc1. The van der Waals surface area contributed by atoms with Crippen molar-refractivity contribution in [1.82, 2.24) is 5.12 Å². The molecule has 0 aromatic heterocycles. The van der Waals surface area contributed by atoms with Crippen LogP contribution in [0.15, 0.2) is 53.6 Å². The van der Waals surface area contributed by atoms with Crippen LogP contribution in [0.5, 0.6) is 0 Å². The third kappa shape index (κ3) is 4.71. The molecule has 0 aliphatic carbocycles. The highest BCUT2D eigenvalue weighted by Gasteiger charge is 2.37. The molecule has 1 fully saturated rings. The van der Waals surface area contributed by atoms with Gasteiger partial charge in [0, 0.05) is 16.9 Å². The molecule has 0 bridgehead atoms. The van der Waals surface area contributed by atoms with Gasteiger partial charge in [0.1, 0.15) is 5.60 Å². The zero-order valence-electron chi connectivity index (χ0n) is 14.8. The number of anilines is 2. The van der Waals surface area contributed by atoms with Crippen LogP contribution in [0.4, 0.5) is 24.5 Å². The quantitative estimate of drug-likeness (QED) is 0.258. The number of amidine groups is 1. The third-order valence-corrected chi connectivity index (χ3v) is 4.13. The standard InChI is InChI=1S/C18H20F3N5O2/c19-18(20,21)12-5-7-13(8-6-12)24-15-4-2-1-3-14(15)16(22)25-26(23)9-17(27)10-28-11-17/h1-8,24,27H,9-11,23H2,(H2,22,25). The van der Waals surface area contributed by atoms with E-state index in [1.54, 1.807) is 24.3 Å². The van der Waals surface area contributed by atoms with Crippen molar-refractivity contribution in [1.29, 1.82) is 0 Å². The average molecular weight is 395 g/mol. The van der Waals surface area contributed by atoms with Crippen LogP contribution in [0.25, 0.3) is 0 Å². The van der Waals surface area contributed by atoms with E-state index in [1.807, 2.05) is 0 Å². The van der Waals surface area contributed by atoms with Crippen molar-refractivity contribution in [3.8, 4) is 0 Å². The van der Waals surface area contributed by atoms with Crippen molar-refractivity contribution in [2.45, 2.75) is 11.8 Å². The number of nitrogens with two attached hydrogens (primary N) is 2. The van der Waals surface area contributed by atoms with Gasteiger partial charge in [-0.1, -0.05) is 12.1 Å². The summed E-state index contributed by atoms with van der Waals surface area (Å²) in [5.41, 5.74) is 5.76. The van der Waals surface area contributed by atoms with Crippen molar-refractivity contribution in [2.24, 2.45) is 16.7 Å². The normalized spacial score (nSPS) is 16.4. The summed E-state index contributed by atoms with van der Waals surface area (Å²) in [6.07, 6.45) is -4.40. The summed E-state index contributed by atoms with van der Waals surface area (Å²) >= 11 is 0. The number of aliphatic hydroxyl groups is 1. The van der Waals surface area contributed by atoms with E-state index in [4.69, 9.17) is 16.3 Å². The van der Waals surface area contributed by atoms with E-state index in [0.29, 0.717) is 16.9 Å². The molecule has 0 radical (unpaired) electrons. The molecule has 0 saturated carbocycles. The van der Waals surface area contributed by atoms with E-state index in [0.717, 1.165) is 17.3 Å². The zero-order valence-corrected chi connectivity index (χ0v) is 14.8. The van der Waals surface area contributed by atoms with E-state index in [2.05, 4.69) is 10.4 Å². The molecule has 150 valence electrons. The molecular formula is C18H20F3N5O2. The van der Waals surface area contributed by atoms with Crippen LogP contribution in [0.3, 0.4) is 0 Å². The summed E-state index contributed by atoms with van der Waals surface area (Å²) < 4.78 is 43.0. The van der Waals surface area contributed by atoms with E-state index < -0.39 is 17.3 Å². The van der Waals surface area contributed by atoms with Gasteiger partial charge in [-0.2, -0.15) is 13.2 Å². The number of halogens is 3. The van der Waals surface area contributed by atoms with E-state index >= 15 is 0 Å². The van der Waals surface area contributed by atoms with Crippen molar-refractivity contribution >= 4 is 17.2 Å². The predicted octanol–water partition coefficient (Wildman–Crippen LogP) is 2.01. The molecule has 2 aromatic carbocycles. The number of benzene rings is 2. The number of alkyl halides is 3. The van der Waals surface area contributed by atoms with Gasteiger partial charge in [0.25, 0.3) is 0 Å². The van der Waals surface area contributed by atoms with Gasteiger partial charge in [-0.05, 0) is 36.4 Å². The maximum absolute atomic E-state index is 12.7. The summed E-state index contributed by atoms with van der Waals surface area (Å²) in [5, 5.41) is 18.2. The Balaban J connectivity index is 1.76. The number of hydrazone groups is 1. The van der Waals surface area contributed by atoms with E-state index in [1.165, 1.54) is 12.1 Å². The first-order chi connectivity index (χ1) is 13.2. The second-order valence-electron chi connectivity index (χ2n) is 6.55. The van der Waals surface area contributed by atoms with Gasteiger partial charge in [-0.25, -0.2) is 11.0 Å². The number of hydrazine groups is 1. The Morgan fingerprint density at radius 3 is 2.39 bits per heavy atom. The fourth-order valence-corrected chi connectivity index (χ4v) is 2.67. The molecule has 0 spiro atoms. The zero-order chi connectivity index (χ0) is 20.4. The summed E-state index contributed by atoms with van der Waals surface area (Å²) in [6.45, 7) is 0.382. The number of rotatable bonds is 6. The number of hydrogen-bond donors (Lipinski definition) is 4. The molecule has 0 atom stereocenters. The average Bonchev–Trinajstić information content (AvgIpc) is 2.60. The molecule has 3 rings (SSSR count). The van der Waals surface area contributed by atoms with Gasteiger partial charge in [-0.3, -0.25) is 0 Å². The van der Waals surface area contributed by atoms with Gasteiger partial charge in [0.15, 0.2) is 5.84 Å². The smallest absolute Gasteiger partial charge is 0.383 e. The maximum Gasteiger partial charge on any atom is 0.416 e. The minimum Gasteiger partial charge on any atom is -0.383 e. The lowest BCUT2D eigenvalue weighted by molar-refractivity contribution is -0.187. The van der Waals surface area contributed by atoms with Crippen LogP contribution in [0, 0.1) is 0 Å². The van der Waals surface area contributed by atoms with Gasteiger partial charge >= 0.3 is 6.18 Å². The number of hydrogen-bond acceptors (Lipinski definition) is 6. The van der Waals surface area contributed by atoms with Crippen molar-refractivity contribution < 1.29 is 23.0 Å². The summed E-state index contributed by atoms with van der Waals surface area (Å²) in [7, 11) is 0.